The van der Waals surface area contributed by atoms with Gasteiger partial charge in [-0.3, -0.25) is 4.79 Å². The third kappa shape index (κ3) is 5.39. The lowest BCUT2D eigenvalue weighted by molar-refractivity contribution is -0.118. The fourth-order valence-corrected chi connectivity index (χ4v) is 2.81. The first-order valence-electron chi connectivity index (χ1n) is 7.92. The van der Waals surface area contributed by atoms with Gasteiger partial charge in [-0.25, -0.2) is 0 Å². The number of benzene rings is 2. The lowest BCUT2D eigenvalue weighted by atomic mass is 10.1. The minimum atomic E-state index is -0.168. The number of ether oxygens (including phenoxy) is 1. The summed E-state index contributed by atoms with van der Waals surface area (Å²) < 4.78 is 6.47. The topological polar surface area (TPSA) is 38.3 Å². The summed E-state index contributed by atoms with van der Waals surface area (Å²) in [5.41, 5.74) is 3.29. The molecule has 0 aliphatic carbocycles. The molecule has 0 spiro atoms. The second-order valence-corrected chi connectivity index (χ2v) is 6.26. The molecule has 2 rings (SSSR count). The van der Waals surface area contributed by atoms with Gasteiger partial charge in [0.25, 0.3) is 5.91 Å². The smallest absolute Gasteiger partial charge is 0.262 e. The average molecular weight is 376 g/mol. The van der Waals surface area contributed by atoms with Crippen LogP contribution in [-0.2, 0) is 17.6 Å². The van der Waals surface area contributed by atoms with Gasteiger partial charge in [0, 0.05) is 5.69 Å². The molecule has 23 heavy (non-hydrogen) atoms. The molecule has 0 unspecified atom stereocenters. The maximum atomic E-state index is 12.0. The van der Waals surface area contributed by atoms with Crippen molar-refractivity contribution in [2.24, 2.45) is 0 Å². The van der Waals surface area contributed by atoms with Crippen LogP contribution in [0.15, 0.2) is 46.9 Å². The van der Waals surface area contributed by atoms with Crippen LogP contribution in [-0.4, -0.2) is 12.5 Å². The van der Waals surface area contributed by atoms with Crippen LogP contribution in [0.2, 0.25) is 0 Å². The molecule has 0 saturated carbocycles. The number of rotatable bonds is 7. The number of anilines is 1. The quantitative estimate of drug-likeness (QED) is 0.740. The molecular formula is C19H22BrNO2. The molecule has 1 amide bonds. The van der Waals surface area contributed by atoms with Gasteiger partial charge in [0.2, 0.25) is 0 Å². The van der Waals surface area contributed by atoms with Crippen molar-refractivity contribution in [3.63, 3.8) is 0 Å². The summed E-state index contributed by atoms with van der Waals surface area (Å²) in [5, 5.41) is 2.84. The molecule has 0 aliphatic heterocycles. The Bertz CT molecular complexity index is 653. The van der Waals surface area contributed by atoms with Crippen LogP contribution in [0.5, 0.6) is 5.75 Å². The Balaban J connectivity index is 1.88. The molecule has 3 nitrogen and oxygen atoms in total. The summed E-state index contributed by atoms with van der Waals surface area (Å²) in [6.07, 6.45) is 3.12. The number of aryl methyl sites for hydroxylation is 2. The zero-order valence-electron chi connectivity index (χ0n) is 13.6. The molecular weight excluding hydrogens is 354 g/mol. The van der Waals surface area contributed by atoms with Crippen LogP contribution in [0.1, 0.15) is 31.4 Å². The summed E-state index contributed by atoms with van der Waals surface area (Å²) in [6.45, 7) is 4.24. The van der Waals surface area contributed by atoms with Gasteiger partial charge >= 0.3 is 0 Å². The Hall–Kier alpha value is -1.81. The summed E-state index contributed by atoms with van der Waals surface area (Å²) in [5.74, 6) is 0.514. The fourth-order valence-electron chi connectivity index (χ4n) is 2.27. The summed E-state index contributed by atoms with van der Waals surface area (Å²) in [7, 11) is 0. The SMILES string of the molecule is CCCc1ccc(OCC(=O)Nc2ccc(CC)cc2)c(Br)c1. The molecule has 2 aromatic rings. The molecule has 0 bridgehead atoms. The first kappa shape index (κ1) is 17.5. The molecule has 0 saturated heterocycles. The zero-order valence-corrected chi connectivity index (χ0v) is 15.2. The van der Waals surface area contributed by atoms with E-state index in [9.17, 15) is 4.79 Å². The maximum absolute atomic E-state index is 12.0. The third-order valence-corrected chi connectivity index (χ3v) is 4.16. The summed E-state index contributed by atoms with van der Waals surface area (Å²) >= 11 is 3.49. The first-order chi connectivity index (χ1) is 11.1. The molecule has 0 atom stereocenters. The van der Waals surface area contributed by atoms with Crippen LogP contribution < -0.4 is 10.1 Å². The largest absolute Gasteiger partial charge is 0.483 e. The Kier molecular flexibility index (Phi) is 6.66. The van der Waals surface area contributed by atoms with Crippen molar-refractivity contribution in [1.29, 1.82) is 0 Å². The van der Waals surface area contributed by atoms with Gasteiger partial charge in [0.1, 0.15) is 5.75 Å². The molecule has 0 aliphatic rings. The fraction of sp³-hybridized carbons (Fsp3) is 0.316. The minimum Gasteiger partial charge on any atom is -0.483 e. The molecule has 4 heteroatoms. The highest BCUT2D eigenvalue weighted by Gasteiger charge is 2.07. The van der Waals surface area contributed by atoms with E-state index in [-0.39, 0.29) is 12.5 Å². The highest BCUT2D eigenvalue weighted by molar-refractivity contribution is 9.10. The van der Waals surface area contributed by atoms with Crippen molar-refractivity contribution in [3.05, 3.63) is 58.1 Å². The van der Waals surface area contributed by atoms with Gasteiger partial charge in [0.05, 0.1) is 4.47 Å². The van der Waals surface area contributed by atoms with Gasteiger partial charge in [-0.1, -0.05) is 38.5 Å². The van der Waals surface area contributed by atoms with Crippen molar-refractivity contribution >= 4 is 27.5 Å². The molecule has 0 radical (unpaired) electrons. The van der Waals surface area contributed by atoms with Gasteiger partial charge in [0.15, 0.2) is 6.61 Å². The number of amides is 1. The van der Waals surface area contributed by atoms with Gasteiger partial charge in [-0.05, 0) is 64.2 Å². The second-order valence-electron chi connectivity index (χ2n) is 5.40. The Morgan fingerprint density at radius 3 is 2.39 bits per heavy atom. The summed E-state index contributed by atoms with van der Waals surface area (Å²) in [6, 6.07) is 13.8. The number of halogens is 1. The minimum absolute atomic E-state index is 0.0126. The van der Waals surface area contributed by atoms with Gasteiger partial charge in [-0.15, -0.1) is 0 Å². The maximum Gasteiger partial charge on any atom is 0.262 e. The molecule has 122 valence electrons. The van der Waals surface area contributed by atoms with Crippen molar-refractivity contribution in [2.45, 2.75) is 33.1 Å². The highest BCUT2D eigenvalue weighted by Crippen LogP contribution is 2.26. The Morgan fingerprint density at radius 2 is 1.78 bits per heavy atom. The van der Waals surface area contributed by atoms with E-state index in [2.05, 4.69) is 35.1 Å². The van der Waals surface area contributed by atoms with E-state index in [1.165, 1.54) is 11.1 Å². The zero-order chi connectivity index (χ0) is 16.7. The van der Waals surface area contributed by atoms with E-state index in [1.54, 1.807) is 0 Å². The number of carbonyl (C=O) groups excluding carboxylic acids is 1. The van der Waals surface area contributed by atoms with Gasteiger partial charge in [-0.2, -0.15) is 0 Å². The highest BCUT2D eigenvalue weighted by atomic mass is 79.9. The van der Waals surface area contributed by atoms with E-state index < -0.39 is 0 Å². The Morgan fingerprint density at radius 1 is 1.09 bits per heavy atom. The van der Waals surface area contributed by atoms with Gasteiger partial charge < -0.3 is 10.1 Å². The summed E-state index contributed by atoms with van der Waals surface area (Å²) in [4.78, 5) is 12.0. The van der Waals surface area contributed by atoms with E-state index in [1.807, 2.05) is 42.5 Å². The van der Waals surface area contributed by atoms with Crippen LogP contribution >= 0.6 is 15.9 Å². The first-order valence-corrected chi connectivity index (χ1v) is 8.71. The van der Waals surface area contributed by atoms with E-state index in [0.29, 0.717) is 5.75 Å². The van der Waals surface area contributed by atoms with Crippen molar-refractivity contribution in [3.8, 4) is 5.75 Å². The van der Waals surface area contributed by atoms with Crippen LogP contribution in [0.4, 0.5) is 5.69 Å². The number of carbonyl (C=O) groups is 1. The normalized spacial score (nSPS) is 10.4. The predicted molar refractivity (Wildman–Crippen MR) is 98.1 cm³/mol. The van der Waals surface area contributed by atoms with Crippen molar-refractivity contribution in [1.82, 2.24) is 0 Å². The van der Waals surface area contributed by atoms with E-state index in [4.69, 9.17) is 4.74 Å². The second kappa shape index (κ2) is 8.73. The van der Waals surface area contributed by atoms with Crippen molar-refractivity contribution in [2.75, 3.05) is 11.9 Å². The third-order valence-electron chi connectivity index (χ3n) is 3.54. The number of hydrogen-bond donors (Lipinski definition) is 1. The number of hydrogen-bond acceptors (Lipinski definition) is 2. The van der Waals surface area contributed by atoms with Crippen molar-refractivity contribution < 1.29 is 9.53 Å². The Labute approximate surface area is 146 Å². The molecule has 0 heterocycles. The monoisotopic (exact) mass is 375 g/mol. The standard InChI is InChI=1S/C19H22BrNO2/c1-3-5-15-8-11-18(17(20)12-15)23-13-19(22)21-16-9-6-14(4-2)7-10-16/h6-12H,3-5,13H2,1-2H3,(H,21,22). The molecule has 0 aromatic heterocycles. The lowest BCUT2D eigenvalue weighted by Crippen LogP contribution is -2.20. The average Bonchev–Trinajstić information content (AvgIpc) is 2.55. The molecule has 2 aromatic carbocycles. The lowest BCUT2D eigenvalue weighted by Gasteiger charge is -2.10. The van der Waals surface area contributed by atoms with Crippen LogP contribution in [0, 0.1) is 0 Å². The number of nitrogens with one attached hydrogen (secondary N) is 1. The van der Waals surface area contributed by atoms with E-state index >= 15 is 0 Å². The van der Waals surface area contributed by atoms with E-state index in [0.717, 1.165) is 29.4 Å². The predicted octanol–water partition coefficient (Wildman–Crippen LogP) is 4.98. The van der Waals surface area contributed by atoms with Crippen LogP contribution in [0.25, 0.3) is 0 Å². The van der Waals surface area contributed by atoms with Crippen LogP contribution in [0.3, 0.4) is 0 Å². The molecule has 0 fully saturated rings. The molecule has 1 N–H and O–H groups in total.